The van der Waals surface area contributed by atoms with Gasteiger partial charge in [-0.25, -0.2) is 4.39 Å². The molecule has 0 saturated carbocycles. The van der Waals surface area contributed by atoms with Crippen molar-refractivity contribution in [1.29, 1.82) is 0 Å². The average molecular weight is 413 g/mol. The van der Waals surface area contributed by atoms with Crippen molar-refractivity contribution in [2.24, 2.45) is 0 Å². The van der Waals surface area contributed by atoms with Gasteiger partial charge in [0.1, 0.15) is 0 Å². The van der Waals surface area contributed by atoms with E-state index in [0.717, 1.165) is 18.4 Å². The summed E-state index contributed by atoms with van der Waals surface area (Å²) in [6, 6.07) is 11.4. The van der Waals surface area contributed by atoms with Gasteiger partial charge in [-0.2, -0.15) is 0 Å². The summed E-state index contributed by atoms with van der Waals surface area (Å²) in [5, 5.41) is 11.4. The molecule has 30 heavy (non-hydrogen) atoms. The molecule has 1 amide bonds. The van der Waals surface area contributed by atoms with Gasteiger partial charge in [0.2, 0.25) is 6.79 Å². The summed E-state index contributed by atoms with van der Waals surface area (Å²) in [6.45, 7) is 1.83. The number of para-hydroxylation sites is 1. The van der Waals surface area contributed by atoms with Crippen LogP contribution in [-0.4, -0.2) is 40.9 Å². The number of carbonyl (C=O) groups excluding carboxylic acids is 1. The van der Waals surface area contributed by atoms with Crippen molar-refractivity contribution in [3.05, 3.63) is 53.8 Å². The van der Waals surface area contributed by atoms with Crippen LogP contribution >= 0.6 is 0 Å². The van der Waals surface area contributed by atoms with E-state index in [4.69, 9.17) is 14.2 Å². The smallest absolute Gasteiger partial charge is 0.263 e. The molecule has 0 radical (unpaired) electrons. The molecule has 2 aromatic carbocycles. The van der Waals surface area contributed by atoms with E-state index in [2.05, 4.69) is 0 Å². The van der Waals surface area contributed by atoms with Gasteiger partial charge in [-0.1, -0.05) is 18.2 Å². The molecule has 2 aromatic rings. The number of fused-ring (bicyclic) bond motifs is 3. The molecule has 7 heteroatoms. The number of hydrogen-bond acceptors (Lipinski definition) is 5. The molecule has 158 valence electrons. The highest BCUT2D eigenvalue weighted by Gasteiger charge is 2.51. The van der Waals surface area contributed by atoms with Crippen molar-refractivity contribution in [3.8, 4) is 17.2 Å². The first kappa shape index (κ1) is 19.2. The van der Waals surface area contributed by atoms with Crippen molar-refractivity contribution in [3.63, 3.8) is 0 Å². The van der Waals surface area contributed by atoms with Crippen LogP contribution in [0.1, 0.15) is 38.2 Å². The highest BCUT2D eigenvalue weighted by molar-refractivity contribution is 5.82. The SMILES string of the molecule is C[C@@H](Oc1ccccc1F)C(=O)N1[C@H]2CC[C@H]1CC(O)(c1ccc3c(c1)OCO3)C2. The number of carbonyl (C=O) groups is 1. The Morgan fingerprint density at radius 2 is 1.87 bits per heavy atom. The van der Waals surface area contributed by atoms with Gasteiger partial charge in [-0.3, -0.25) is 4.79 Å². The number of halogens is 1. The second kappa shape index (κ2) is 7.16. The first-order valence-electron chi connectivity index (χ1n) is 10.3. The summed E-state index contributed by atoms with van der Waals surface area (Å²) < 4.78 is 30.3. The van der Waals surface area contributed by atoms with Crippen LogP contribution in [0.4, 0.5) is 4.39 Å². The number of rotatable bonds is 4. The Balaban J connectivity index is 1.33. The Hall–Kier alpha value is -2.80. The zero-order chi connectivity index (χ0) is 20.9. The molecule has 1 N–H and O–H groups in total. The number of aliphatic hydroxyl groups is 1. The predicted octanol–water partition coefficient (Wildman–Crippen LogP) is 3.36. The topological polar surface area (TPSA) is 68.2 Å². The maximum absolute atomic E-state index is 13.9. The Morgan fingerprint density at radius 1 is 1.17 bits per heavy atom. The average Bonchev–Trinajstić information content (AvgIpc) is 3.31. The summed E-state index contributed by atoms with van der Waals surface area (Å²) in [5.74, 6) is 0.727. The van der Waals surface area contributed by atoms with Crippen LogP contribution in [-0.2, 0) is 10.4 Å². The van der Waals surface area contributed by atoms with Crippen LogP contribution in [0.25, 0.3) is 0 Å². The van der Waals surface area contributed by atoms with E-state index in [0.29, 0.717) is 24.3 Å². The van der Waals surface area contributed by atoms with Crippen LogP contribution < -0.4 is 14.2 Å². The van der Waals surface area contributed by atoms with E-state index in [9.17, 15) is 14.3 Å². The molecular formula is C23H24FNO5. The lowest BCUT2D eigenvalue weighted by Gasteiger charge is -2.44. The largest absolute Gasteiger partial charge is 0.478 e. The monoisotopic (exact) mass is 413 g/mol. The van der Waals surface area contributed by atoms with E-state index in [1.54, 1.807) is 19.1 Å². The number of ether oxygens (including phenoxy) is 3. The third-order valence-electron chi connectivity index (χ3n) is 6.42. The van der Waals surface area contributed by atoms with Gasteiger partial charge >= 0.3 is 0 Å². The molecule has 3 atom stereocenters. The van der Waals surface area contributed by atoms with Crippen molar-refractivity contribution in [2.45, 2.75) is 56.4 Å². The minimum Gasteiger partial charge on any atom is -0.478 e. The fraction of sp³-hybridized carbons (Fsp3) is 0.435. The lowest BCUT2D eigenvalue weighted by molar-refractivity contribution is -0.148. The second-order valence-corrected chi connectivity index (χ2v) is 8.33. The molecule has 6 nitrogen and oxygen atoms in total. The van der Waals surface area contributed by atoms with Crippen molar-refractivity contribution in [2.75, 3.05) is 6.79 Å². The maximum atomic E-state index is 13.9. The molecule has 2 fully saturated rings. The summed E-state index contributed by atoms with van der Waals surface area (Å²) >= 11 is 0. The first-order chi connectivity index (χ1) is 14.4. The van der Waals surface area contributed by atoms with Crippen molar-refractivity contribution >= 4 is 5.91 Å². The number of nitrogens with zero attached hydrogens (tertiary/aromatic N) is 1. The summed E-state index contributed by atoms with van der Waals surface area (Å²) in [7, 11) is 0. The molecule has 2 bridgehead atoms. The fourth-order valence-corrected chi connectivity index (χ4v) is 5.00. The molecule has 3 aliphatic heterocycles. The van der Waals surface area contributed by atoms with Crippen LogP contribution in [0.5, 0.6) is 17.2 Å². The lowest BCUT2D eigenvalue weighted by atomic mass is 9.80. The quantitative estimate of drug-likeness (QED) is 0.833. The van der Waals surface area contributed by atoms with Gasteiger partial charge in [0.05, 0.1) is 5.60 Å². The van der Waals surface area contributed by atoms with E-state index in [1.807, 2.05) is 23.1 Å². The Morgan fingerprint density at radius 3 is 2.60 bits per heavy atom. The third kappa shape index (κ3) is 3.17. The zero-order valence-corrected chi connectivity index (χ0v) is 16.7. The van der Waals surface area contributed by atoms with Gasteiger partial charge in [-0.05, 0) is 49.6 Å². The molecule has 3 heterocycles. The molecular weight excluding hydrogens is 389 g/mol. The van der Waals surface area contributed by atoms with Gasteiger partial charge in [-0.15, -0.1) is 0 Å². The number of hydrogen-bond donors (Lipinski definition) is 1. The Kier molecular flexibility index (Phi) is 4.58. The van der Waals surface area contributed by atoms with Crippen LogP contribution in [0.3, 0.4) is 0 Å². The molecule has 2 saturated heterocycles. The normalized spacial score (nSPS) is 27.8. The van der Waals surface area contributed by atoms with E-state index >= 15 is 0 Å². The van der Waals surface area contributed by atoms with Crippen LogP contribution in [0.15, 0.2) is 42.5 Å². The summed E-state index contributed by atoms with van der Waals surface area (Å²) in [6.07, 6.45) is 1.75. The molecule has 5 rings (SSSR count). The highest BCUT2D eigenvalue weighted by Crippen LogP contribution is 2.47. The van der Waals surface area contributed by atoms with E-state index < -0.39 is 17.5 Å². The minimum atomic E-state index is -1.03. The standard InChI is InChI=1S/C23H24FNO5/c1-14(30-19-5-3-2-4-18(19)24)22(26)25-16-7-8-17(25)12-23(27,11-16)15-6-9-20-21(10-15)29-13-28-20/h2-6,9-10,14,16-17,27H,7-8,11-13H2,1H3/t14-,16+,17+/m1/s1. The maximum Gasteiger partial charge on any atom is 0.263 e. The minimum absolute atomic E-state index is 0.0690. The van der Waals surface area contributed by atoms with Gasteiger partial charge < -0.3 is 24.2 Å². The molecule has 0 aliphatic carbocycles. The van der Waals surface area contributed by atoms with Gasteiger partial charge in [0, 0.05) is 24.9 Å². The van der Waals surface area contributed by atoms with Gasteiger partial charge in [0.15, 0.2) is 29.2 Å². The van der Waals surface area contributed by atoms with Crippen LogP contribution in [0, 0.1) is 5.82 Å². The summed E-state index contributed by atoms with van der Waals surface area (Å²) in [4.78, 5) is 15.0. The van der Waals surface area contributed by atoms with Crippen molar-refractivity contribution in [1.82, 2.24) is 4.90 Å². The number of benzene rings is 2. The summed E-state index contributed by atoms with van der Waals surface area (Å²) in [5.41, 5.74) is -0.245. The van der Waals surface area contributed by atoms with Gasteiger partial charge in [0.25, 0.3) is 5.91 Å². The van der Waals surface area contributed by atoms with E-state index in [-0.39, 0.29) is 30.5 Å². The Labute approximate surface area is 174 Å². The number of amides is 1. The highest BCUT2D eigenvalue weighted by atomic mass is 19.1. The van der Waals surface area contributed by atoms with Crippen LogP contribution in [0.2, 0.25) is 0 Å². The molecule has 0 spiro atoms. The Bertz CT molecular complexity index is 966. The molecule has 3 aliphatic rings. The van der Waals surface area contributed by atoms with Crippen molar-refractivity contribution < 1.29 is 28.5 Å². The fourth-order valence-electron chi connectivity index (χ4n) is 5.00. The molecule has 0 aromatic heterocycles. The third-order valence-corrected chi connectivity index (χ3v) is 6.42. The lowest BCUT2D eigenvalue weighted by Crippen LogP contribution is -2.55. The first-order valence-corrected chi connectivity index (χ1v) is 10.3. The molecule has 0 unspecified atom stereocenters. The zero-order valence-electron chi connectivity index (χ0n) is 16.7. The number of piperidine rings is 1. The second-order valence-electron chi connectivity index (χ2n) is 8.33. The van der Waals surface area contributed by atoms with E-state index in [1.165, 1.54) is 12.1 Å². The predicted molar refractivity (Wildman–Crippen MR) is 106 cm³/mol.